The van der Waals surface area contributed by atoms with E-state index in [0.717, 1.165) is 25.1 Å². The Morgan fingerprint density at radius 1 is 1.57 bits per heavy atom. The number of halogens is 1. The highest BCUT2D eigenvalue weighted by molar-refractivity contribution is 6.17. The van der Waals surface area contributed by atoms with Crippen LogP contribution in [0.15, 0.2) is 12.4 Å². The Labute approximate surface area is 89.0 Å². The van der Waals surface area contributed by atoms with Crippen LogP contribution in [0.4, 0.5) is 0 Å². The van der Waals surface area contributed by atoms with Crippen molar-refractivity contribution in [3.05, 3.63) is 18.0 Å². The summed E-state index contributed by atoms with van der Waals surface area (Å²) in [6, 6.07) is 0. The topological polar surface area (TPSA) is 27.1 Å². The zero-order chi connectivity index (χ0) is 9.80. The molecule has 1 aromatic heterocycles. The first-order valence-electron chi connectivity index (χ1n) is 5.07. The summed E-state index contributed by atoms with van der Waals surface area (Å²) in [7, 11) is 0. The number of hydrogen-bond acceptors (Lipinski definition) is 2. The number of ether oxygens (including phenoxy) is 1. The van der Waals surface area contributed by atoms with Crippen molar-refractivity contribution in [3.63, 3.8) is 0 Å². The molecule has 1 fully saturated rings. The Hall–Kier alpha value is -0.540. The van der Waals surface area contributed by atoms with Gasteiger partial charge in [0.2, 0.25) is 0 Å². The minimum absolute atomic E-state index is 0.340. The van der Waals surface area contributed by atoms with Gasteiger partial charge >= 0.3 is 0 Å². The molecule has 1 unspecified atom stereocenters. The van der Waals surface area contributed by atoms with Crippen LogP contribution >= 0.6 is 11.6 Å². The van der Waals surface area contributed by atoms with E-state index in [2.05, 4.69) is 5.10 Å². The molecule has 14 heavy (non-hydrogen) atoms. The lowest BCUT2D eigenvalue weighted by Crippen LogP contribution is -2.24. The highest BCUT2D eigenvalue weighted by Crippen LogP contribution is 2.14. The fraction of sp³-hybridized carbons (Fsp3) is 0.700. The van der Waals surface area contributed by atoms with Crippen LogP contribution in [0.5, 0.6) is 0 Å². The van der Waals surface area contributed by atoms with Gasteiger partial charge in [-0.15, -0.1) is 11.6 Å². The summed E-state index contributed by atoms with van der Waals surface area (Å²) in [4.78, 5) is 0. The molecular formula is C10H15ClN2O. The molecule has 0 spiro atoms. The lowest BCUT2D eigenvalue weighted by Gasteiger charge is -2.22. The standard InChI is InChI=1S/C10H15ClN2O/c11-5-9-6-12-13(7-9)8-10-3-1-2-4-14-10/h6-7,10H,1-5,8H2. The monoisotopic (exact) mass is 214 g/mol. The van der Waals surface area contributed by atoms with Crippen molar-refractivity contribution in [1.29, 1.82) is 0 Å². The molecule has 1 saturated heterocycles. The molecule has 2 heterocycles. The maximum Gasteiger partial charge on any atom is 0.0770 e. The summed E-state index contributed by atoms with van der Waals surface area (Å²) in [6.45, 7) is 1.76. The third-order valence-electron chi connectivity index (χ3n) is 2.51. The minimum atomic E-state index is 0.340. The number of aromatic nitrogens is 2. The van der Waals surface area contributed by atoms with E-state index >= 15 is 0 Å². The normalized spacial score (nSPS) is 22.5. The molecule has 1 aromatic rings. The zero-order valence-corrected chi connectivity index (χ0v) is 8.91. The summed E-state index contributed by atoms with van der Waals surface area (Å²) in [6.07, 6.45) is 7.76. The van der Waals surface area contributed by atoms with Gasteiger partial charge in [-0.05, 0) is 19.3 Å². The average molecular weight is 215 g/mol. The molecule has 0 N–H and O–H groups in total. The van der Waals surface area contributed by atoms with Crippen molar-refractivity contribution in [2.75, 3.05) is 6.61 Å². The Morgan fingerprint density at radius 2 is 2.50 bits per heavy atom. The van der Waals surface area contributed by atoms with Crippen molar-refractivity contribution in [2.45, 2.75) is 37.8 Å². The van der Waals surface area contributed by atoms with Crippen molar-refractivity contribution < 1.29 is 4.74 Å². The molecule has 0 aromatic carbocycles. The third kappa shape index (κ3) is 2.49. The second-order valence-corrected chi connectivity index (χ2v) is 3.96. The van der Waals surface area contributed by atoms with E-state index in [0.29, 0.717) is 12.0 Å². The van der Waals surface area contributed by atoms with Gasteiger partial charge in [0.05, 0.1) is 24.7 Å². The van der Waals surface area contributed by atoms with Gasteiger partial charge < -0.3 is 4.74 Å². The van der Waals surface area contributed by atoms with Crippen molar-refractivity contribution in [1.82, 2.24) is 9.78 Å². The van der Waals surface area contributed by atoms with E-state index in [9.17, 15) is 0 Å². The molecule has 0 amide bonds. The Kier molecular flexibility index (Phi) is 3.43. The first-order valence-corrected chi connectivity index (χ1v) is 5.61. The van der Waals surface area contributed by atoms with Gasteiger partial charge in [-0.1, -0.05) is 0 Å². The molecule has 0 saturated carbocycles. The van der Waals surface area contributed by atoms with E-state index in [-0.39, 0.29) is 0 Å². The highest BCUT2D eigenvalue weighted by atomic mass is 35.5. The SMILES string of the molecule is ClCc1cnn(CC2CCCCO2)c1. The lowest BCUT2D eigenvalue weighted by molar-refractivity contribution is 0.00399. The van der Waals surface area contributed by atoms with Crippen LogP contribution in [-0.4, -0.2) is 22.5 Å². The van der Waals surface area contributed by atoms with Crippen molar-refractivity contribution in [2.24, 2.45) is 0 Å². The summed E-state index contributed by atoms with van der Waals surface area (Å²) in [5.41, 5.74) is 1.07. The van der Waals surface area contributed by atoms with Gasteiger partial charge in [-0.3, -0.25) is 4.68 Å². The maximum absolute atomic E-state index is 5.70. The van der Waals surface area contributed by atoms with Gasteiger partial charge in [0.15, 0.2) is 0 Å². The second kappa shape index (κ2) is 4.80. The van der Waals surface area contributed by atoms with Crippen LogP contribution in [0.3, 0.4) is 0 Å². The van der Waals surface area contributed by atoms with Gasteiger partial charge in [0, 0.05) is 18.4 Å². The van der Waals surface area contributed by atoms with Gasteiger partial charge in [-0.2, -0.15) is 5.10 Å². The fourth-order valence-electron chi connectivity index (χ4n) is 1.74. The molecule has 2 rings (SSSR count). The summed E-state index contributed by atoms with van der Waals surface area (Å²) in [5.74, 6) is 0.533. The first-order chi connectivity index (χ1) is 6.88. The van der Waals surface area contributed by atoms with Crippen molar-refractivity contribution in [3.8, 4) is 0 Å². The molecule has 78 valence electrons. The molecule has 1 atom stereocenters. The molecule has 0 aliphatic carbocycles. The van der Waals surface area contributed by atoms with Crippen LogP contribution in [0, 0.1) is 0 Å². The first kappa shape index (κ1) is 9.99. The highest BCUT2D eigenvalue weighted by Gasteiger charge is 2.14. The molecule has 4 heteroatoms. The predicted octanol–water partition coefficient (Wildman–Crippen LogP) is 2.19. The second-order valence-electron chi connectivity index (χ2n) is 3.69. The molecule has 0 bridgehead atoms. The van der Waals surface area contributed by atoms with Crippen molar-refractivity contribution >= 4 is 11.6 Å². The Bertz CT molecular complexity index is 281. The summed E-state index contributed by atoms with van der Waals surface area (Å²) < 4.78 is 7.56. The molecule has 0 radical (unpaired) electrons. The third-order valence-corrected chi connectivity index (χ3v) is 2.81. The fourth-order valence-corrected chi connectivity index (χ4v) is 1.87. The molecule has 1 aliphatic heterocycles. The molecule has 3 nitrogen and oxygen atoms in total. The predicted molar refractivity (Wildman–Crippen MR) is 55.4 cm³/mol. The quantitative estimate of drug-likeness (QED) is 0.722. The van der Waals surface area contributed by atoms with Crippen LogP contribution < -0.4 is 0 Å². The number of rotatable bonds is 3. The van der Waals surface area contributed by atoms with E-state index in [1.165, 1.54) is 12.8 Å². The maximum atomic E-state index is 5.70. The Morgan fingerprint density at radius 3 is 3.14 bits per heavy atom. The number of hydrogen-bond donors (Lipinski definition) is 0. The van der Waals surface area contributed by atoms with E-state index in [1.54, 1.807) is 0 Å². The lowest BCUT2D eigenvalue weighted by atomic mass is 10.1. The van der Waals surface area contributed by atoms with Crippen LogP contribution in [0.25, 0.3) is 0 Å². The summed E-state index contributed by atoms with van der Waals surface area (Å²) in [5, 5.41) is 4.23. The Balaban J connectivity index is 1.89. The van der Waals surface area contributed by atoms with Gasteiger partial charge in [-0.25, -0.2) is 0 Å². The summed E-state index contributed by atoms with van der Waals surface area (Å²) >= 11 is 5.70. The largest absolute Gasteiger partial charge is 0.376 e. The number of alkyl halides is 1. The van der Waals surface area contributed by atoms with E-state index in [1.807, 2.05) is 17.1 Å². The molecular weight excluding hydrogens is 200 g/mol. The smallest absolute Gasteiger partial charge is 0.0770 e. The molecule has 1 aliphatic rings. The zero-order valence-electron chi connectivity index (χ0n) is 8.16. The van der Waals surface area contributed by atoms with E-state index < -0.39 is 0 Å². The van der Waals surface area contributed by atoms with Gasteiger partial charge in [0.25, 0.3) is 0 Å². The van der Waals surface area contributed by atoms with E-state index in [4.69, 9.17) is 16.3 Å². The van der Waals surface area contributed by atoms with Crippen LogP contribution in [0.2, 0.25) is 0 Å². The van der Waals surface area contributed by atoms with Gasteiger partial charge in [0.1, 0.15) is 0 Å². The van der Waals surface area contributed by atoms with Crippen LogP contribution in [-0.2, 0) is 17.2 Å². The number of nitrogens with zero attached hydrogens (tertiary/aromatic N) is 2. The van der Waals surface area contributed by atoms with Crippen LogP contribution in [0.1, 0.15) is 24.8 Å². The minimum Gasteiger partial charge on any atom is -0.376 e. The average Bonchev–Trinajstić information content (AvgIpc) is 2.67.